The van der Waals surface area contributed by atoms with E-state index < -0.39 is 97.5 Å². The second-order valence-corrected chi connectivity index (χ2v) is 27.6. The molecule has 5 atom stereocenters. The van der Waals surface area contributed by atoms with Crippen molar-refractivity contribution >= 4 is 39.5 Å². The summed E-state index contributed by atoms with van der Waals surface area (Å²) in [5, 5.41) is 10.5. The highest BCUT2D eigenvalue weighted by atomic mass is 31.2. The van der Waals surface area contributed by atoms with Crippen LogP contribution in [0.25, 0.3) is 0 Å². The zero-order valence-electron chi connectivity index (χ0n) is 55.4. The van der Waals surface area contributed by atoms with Gasteiger partial charge in [-0.3, -0.25) is 37.3 Å². The summed E-state index contributed by atoms with van der Waals surface area (Å²) in [6, 6.07) is 0. The number of carbonyl (C=O) groups is 4. The average Bonchev–Trinajstić information content (AvgIpc) is 3.52. The molecule has 0 aliphatic carbocycles. The first-order chi connectivity index (χ1) is 41.5. The van der Waals surface area contributed by atoms with E-state index in [-0.39, 0.29) is 25.7 Å². The number of phosphoric ester groups is 2. The van der Waals surface area contributed by atoms with Crippen LogP contribution in [0.4, 0.5) is 0 Å². The highest BCUT2D eigenvalue weighted by Gasteiger charge is 2.30. The van der Waals surface area contributed by atoms with Gasteiger partial charge in [-0.2, -0.15) is 0 Å². The molecule has 0 radical (unpaired) electrons. The lowest BCUT2D eigenvalue weighted by Crippen LogP contribution is -2.30. The molecule has 17 nitrogen and oxygen atoms in total. The predicted molar refractivity (Wildman–Crippen MR) is 345 cm³/mol. The number of esters is 4. The molecule has 3 N–H and O–H groups in total. The molecule has 0 saturated carbocycles. The van der Waals surface area contributed by atoms with Crippen LogP contribution in [-0.4, -0.2) is 96.7 Å². The maximum absolute atomic E-state index is 13.0. The van der Waals surface area contributed by atoms with Gasteiger partial charge in [-0.1, -0.05) is 291 Å². The van der Waals surface area contributed by atoms with Gasteiger partial charge in [-0.05, 0) is 31.6 Å². The standard InChI is InChI=1S/C67H130O17P2/c1-6-9-12-15-16-17-18-19-20-21-22-23-24-25-28-32-35-38-43-48-53-67(72)84-63(57-78-65(70)51-46-42-37-34-31-29-26-27-30-33-36-41-44-49-60(4)5)59-82-86(75,76)80-55-61(68)54-79-85(73,74)81-58-62(83-66(71)52-47-40-14-11-8-3)56-77-64(69)50-45-39-13-10-7-2/h60-63,68H,6-59H2,1-5H3,(H,73,74)(H,75,76)/t61-,62+,63+/m0/s1. The van der Waals surface area contributed by atoms with Crippen molar-refractivity contribution in [2.75, 3.05) is 39.6 Å². The molecule has 0 fully saturated rings. The number of carbonyl (C=O) groups excluding carboxylic acids is 4. The number of ether oxygens (including phenoxy) is 4. The summed E-state index contributed by atoms with van der Waals surface area (Å²) < 4.78 is 67.7. The molecule has 0 amide bonds. The van der Waals surface area contributed by atoms with E-state index in [0.717, 1.165) is 102 Å². The number of hydrogen-bond donors (Lipinski definition) is 3. The van der Waals surface area contributed by atoms with Crippen LogP contribution < -0.4 is 0 Å². The number of unbranched alkanes of at least 4 members (excludes halogenated alkanes) is 39. The Morgan fingerprint density at radius 3 is 0.791 bits per heavy atom. The summed E-state index contributed by atoms with van der Waals surface area (Å²) >= 11 is 0. The van der Waals surface area contributed by atoms with Crippen molar-refractivity contribution in [1.29, 1.82) is 0 Å². The third-order valence-corrected chi connectivity index (χ3v) is 17.4. The van der Waals surface area contributed by atoms with E-state index in [4.69, 9.17) is 37.0 Å². The van der Waals surface area contributed by atoms with E-state index in [1.807, 2.05) is 0 Å². The zero-order chi connectivity index (χ0) is 63.5. The minimum absolute atomic E-state index is 0.0990. The topological polar surface area (TPSA) is 237 Å². The fourth-order valence-corrected chi connectivity index (χ4v) is 11.7. The molecular formula is C67H130O17P2. The van der Waals surface area contributed by atoms with E-state index >= 15 is 0 Å². The van der Waals surface area contributed by atoms with Crippen molar-refractivity contribution in [2.45, 2.75) is 361 Å². The van der Waals surface area contributed by atoms with Crippen molar-refractivity contribution in [2.24, 2.45) is 5.92 Å². The molecule has 0 rings (SSSR count). The van der Waals surface area contributed by atoms with Crippen LogP contribution in [0.3, 0.4) is 0 Å². The molecule has 2 unspecified atom stereocenters. The molecule has 0 aliphatic rings. The van der Waals surface area contributed by atoms with E-state index in [9.17, 15) is 43.2 Å². The van der Waals surface area contributed by atoms with Gasteiger partial charge < -0.3 is 33.8 Å². The van der Waals surface area contributed by atoms with Crippen molar-refractivity contribution < 1.29 is 80.2 Å². The van der Waals surface area contributed by atoms with Crippen LogP contribution in [0.1, 0.15) is 343 Å². The van der Waals surface area contributed by atoms with Gasteiger partial charge in [0.05, 0.1) is 26.4 Å². The Morgan fingerprint density at radius 1 is 0.314 bits per heavy atom. The Kier molecular flexibility index (Phi) is 59.2. The summed E-state index contributed by atoms with van der Waals surface area (Å²) in [4.78, 5) is 71.8. The fourth-order valence-electron chi connectivity index (χ4n) is 10.1. The zero-order valence-corrected chi connectivity index (χ0v) is 57.2. The molecule has 510 valence electrons. The molecule has 0 saturated heterocycles. The van der Waals surface area contributed by atoms with Crippen molar-refractivity contribution in [1.82, 2.24) is 0 Å². The van der Waals surface area contributed by atoms with E-state index in [1.54, 1.807) is 0 Å². The summed E-state index contributed by atoms with van der Waals surface area (Å²) in [6.07, 6.45) is 46.8. The number of hydrogen-bond acceptors (Lipinski definition) is 15. The van der Waals surface area contributed by atoms with Gasteiger partial charge in [-0.25, -0.2) is 9.13 Å². The lowest BCUT2D eigenvalue weighted by Gasteiger charge is -2.21. The quantitative estimate of drug-likeness (QED) is 0.0222. The molecule has 0 spiro atoms. The lowest BCUT2D eigenvalue weighted by molar-refractivity contribution is -0.161. The minimum atomic E-state index is -4.94. The molecule has 0 bridgehead atoms. The van der Waals surface area contributed by atoms with Crippen molar-refractivity contribution in [3.8, 4) is 0 Å². The van der Waals surface area contributed by atoms with Crippen LogP contribution in [0.2, 0.25) is 0 Å². The molecule has 0 aliphatic heterocycles. The Morgan fingerprint density at radius 2 is 0.535 bits per heavy atom. The third-order valence-electron chi connectivity index (χ3n) is 15.5. The first-order valence-corrected chi connectivity index (χ1v) is 38.1. The van der Waals surface area contributed by atoms with Gasteiger partial charge in [0.1, 0.15) is 19.3 Å². The summed E-state index contributed by atoms with van der Waals surface area (Å²) in [5.41, 5.74) is 0. The highest BCUT2D eigenvalue weighted by molar-refractivity contribution is 7.47. The van der Waals surface area contributed by atoms with Gasteiger partial charge in [-0.15, -0.1) is 0 Å². The number of rotatable bonds is 67. The molecule has 0 heterocycles. The normalized spacial score (nSPS) is 14.2. The minimum Gasteiger partial charge on any atom is -0.462 e. The van der Waals surface area contributed by atoms with E-state index in [0.29, 0.717) is 25.7 Å². The average molecular weight is 1270 g/mol. The second-order valence-electron chi connectivity index (χ2n) is 24.7. The molecule has 86 heavy (non-hydrogen) atoms. The number of phosphoric acid groups is 2. The summed E-state index contributed by atoms with van der Waals surface area (Å²) in [7, 11) is -9.87. The van der Waals surface area contributed by atoms with Crippen LogP contribution in [-0.2, 0) is 65.4 Å². The maximum Gasteiger partial charge on any atom is 0.472 e. The molecule has 0 aromatic rings. The Hall–Kier alpha value is -1.94. The van der Waals surface area contributed by atoms with Gasteiger partial charge >= 0.3 is 39.5 Å². The summed E-state index contributed by atoms with van der Waals surface area (Å²) in [5.74, 6) is -1.36. The fraction of sp³-hybridized carbons (Fsp3) is 0.940. The predicted octanol–water partition coefficient (Wildman–Crippen LogP) is 19.0. The largest absolute Gasteiger partial charge is 0.472 e. The molecule has 0 aromatic heterocycles. The Bertz CT molecular complexity index is 1670. The van der Waals surface area contributed by atoms with E-state index in [1.165, 1.54) is 161 Å². The van der Waals surface area contributed by atoms with Crippen LogP contribution in [0.15, 0.2) is 0 Å². The molecular weight excluding hydrogens is 1140 g/mol. The second kappa shape index (κ2) is 60.6. The SMILES string of the molecule is CCCCCCCCCCCCCCCCCCCCCCC(=O)O[C@H](COC(=O)CCCCCCCCCCCCCCCC(C)C)COP(=O)(O)OC[C@@H](O)COP(=O)(O)OC[C@@H](COC(=O)CCCCCCC)OC(=O)CCCCCCC. The number of aliphatic hydroxyl groups is 1. The Labute approximate surface area is 524 Å². The first-order valence-electron chi connectivity index (χ1n) is 35.1. The Balaban J connectivity index is 5.06. The van der Waals surface area contributed by atoms with Crippen LogP contribution >= 0.6 is 15.6 Å². The highest BCUT2D eigenvalue weighted by Crippen LogP contribution is 2.45. The first kappa shape index (κ1) is 84.1. The molecule has 19 heteroatoms. The van der Waals surface area contributed by atoms with E-state index in [2.05, 4.69) is 34.6 Å². The third kappa shape index (κ3) is 60.9. The van der Waals surface area contributed by atoms with Crippen molar-refractivity contribution in [3.63, 3.8) is 0 Å². The monoisotopic (exact) mass is 1270 g/mol. The molecule has 0 aromatic carbocycles. The van der Waals surface area contributed by atoms with Gasteiger partial charge in [0.15, 0.2) is 12.2 Å². The van der Waals surface area contributed by atoms with Crippen LogP contribution in [0, 0.1) is 5.92 Å². The smallest absolute Gasteiger partial charge is 0.462 e. The maximum atomic E-state index is 13.0. The van der Waals surface area contributed by atoms with Crippen LogP contribution in [0.5, 0.6) is 0 Å². The van der Waals surface area contributed by atoms with Gasteiger partial charge in [0.25, 0.3) is 0 Å². The number of aliphatic hydroxyl groups excluding tert-OH is 1. The van der Waals surface area contributed by atoms with Gasteiger partial charge in [0, 0.05) is 25.7 Å². The lowest BCUT2D eigenvalue weighted by atomic mass is 10.0. The van der Waals surface area contributed by atoms with Crippen molar-refractivity contribution in [3.05, 3.63) is 0 Å². The summed E-state index contributed by atoms with van der Waals surface area (Å²) in [6.45, 7) is 7.05. The van der Waals surface area contributed by atoms with Gasteiger partial charge in [0.2, 0.25) is 0 Å².